The van der Waals surface area contributed by atoms with Crippen LogP contribution in [0.4, 0.5) is 5.00 Å². The van der Waals surface area contributed by atoms with Gasteiger partial charge in [-0.1, -0.05) is 19.3 Å². The summed E-state index contributed by atoms with van der Waals surface area (Å²) in [5, 5.41) is 3.55. The smallest absolute Gasteiger partial charge is 0.341 e. The molecule has 148 valence electrons. The minimum absolute atomic E-state index is 0.0228. The van der Waals surface area contributed by atoms with Crippen LogP contribution in [0.15, 0.2) is 0 Å². The highest BCUT2D eigenvalue weighted by molar-refractivity contribution is 7.17. The topological polar surface area (TPSA) is 75.7 Å². The second-order valence-electron chi connectivity index (χ2n) is 7.38. The lowest BCUT2D eigenvalue weighted by Gasteiger charge is -2.25. The molecule has 1 saturated carbocycles. The number of thiophene rings is 1. The third-order valence-electron chi connectivity index (χ3n) is 5.43. The zero-order chi connectivity index (χ0) is 19.4. The van der Waals surface area contributed by atoms with Crippen LogP contribution in [0.1, 0.15) is 73.2 Å². The van der Waals surface area contributed by atoms with Crippen molar-refractivity contribution in [2.75, 3.05) is 18.5 Å². The molecule has 1 aromatic heterocycles. The van der Waals surface area contributed by atoms with E-state index in [0.29, 0.717) is 49.0 Å². The molecule has 2 aliphatic rings. The number of carbonyl (C=O) groups is 3. The number of esters is 1. The predicted octanol–water partition coefficient (Wildman–Crippen LogP) is 3.74. The lowest BCUT2D eigenvalue weighted by atomic mass is 9.87. The Labute approximate surface area is 164 Å². The number of anilines is 1. The molecule has 1 aromatic rings. The quantitative estimate of drug-likeness (QED) is 0.775. The van der Waals surface area contributed by atoms with Gasteiger partial charge in [0.2, 0.25) is 11.8 Å². The molecule has 0 unspecified atom stereocenters. The Morgan fingerprint density at radius 2 is 1.96 bits per heavy atom. The number of nitrogens with one attached hydrogen (secondary N) is 1. The van der Waals surface area contributed by atoms with Crippen molar-refractivity contribution in [2.24, 2.45) is 5.92 Å². The van der Waals surface area contributed by atoms with Crippen LogP contribution < -0.4 is 5.32 Å². The largest absolute Gasteiger partial charge is 0.462 e. The lowest BCUT2D eigenvalue weighted by Crippen LogP contribution is -2.34. The number of amides is 2. The van der Waals surface area contributed by atoms with Gasteiger partial charge in [-0.2, -0.15) is 0 Å². The van der Waals surface area contributed by atoms with E-state index in [4.69, 9.17) is 4.74 Å². The van der Waals surface area contributed by atoms with E-state index in [-0.39, 0.29) is 17.8 Å². The van der Waals surface area contributed by atoms with Crippen molar-refractivity contribution in [3.05, 3.63) is 16.0 Å². The number of rotatable bonds is 5. The molecule has 3 rings (SSSR count). The molecule has 2 amide bonds. The van der Waals surface area contributed by atoms with Crippen LogP contribution in [-0.2, 0) is 27.3 Å². The zero-order valence-corrected chi connectivity index (χ0v) is 17.0. The molecule has 0 aromatic carbocycles. The van der Waals surface area contributed by atoms with E-state index in [1.54, 1.807) is 18.7 Å². The Morgan fingerprint density at radius 3 is 2.63 bits per heavy atom. The second-order valence-corrected chi connectivity index (χ2v) is 8.48. The highest BCUT2D eigenvalue weighted by Gasteiger charge is 2.30. The first kappa shape index (κ1) is 19.9. The van der Waals surface area contributed by atoms with Crippen LogP contribution in [0.3, 0.4) is 0 Å². The molecule has 1 aliphatic carbocycles. The molecular weight excluding hydrogens is 364 g/mol. The van der Waals surface area contributed by atoms with Gasteiger partial charge in [0.05, 0.1) is 18.7 Å². The van der Waals surface area contributed by atoms with Crippen molar-refractivity contribution >= 4 is 34.1 Å². The standard InChI is InChI=1S/C20H28N2O4S/c1-3-26-20(25)18-15-9-10-22(13(2)23)12-16(15)27-19(18)21-17(24)11-14-7-5-4-6-8-14/h14H,3-12H2,1-2H3,(H,21,24). The molecule has 0 saturated heterocycles. The lowest BCUT2D eigenvalue weighted by molar-refractivity contribution is -0.129. The summed E-state index contributed by atoms with van der Waals surface area (Å²) >= 11 is 1.40. The summed E-state index contributed by atoms with van der Waals surface area (Å²) < 4.78 is 5.23. The summed E-state index contributed by atoms with van der Waals surface area (Å²) in [6, 6.07) is 0. The van der Waals surface area contributed by atoms with E-state index in [9.17, 15) is 14.4 Å². The van der Waals surface area contributed by atoms with Gasteiger partial charge in [-0.15, -0.1) is 11.3 Å². The number of fused-ring (bicyclic) bond motifs is 1. The predicted molar refractivity (Wildman–Crippen MR) is 105 cm³/mol. The zero-order valence-electron chi connectivity index (χ0n) is 16.1. The van der Waals surface area contributed by atoms with Gasteiger partial charge in [0.1, 0.15) is 5.00 Å². The Bertz CT molecular complexity index is 722. The van der Waals surface area contributed by atoms with Gasteiger partial charge < -0.3 is 15.0 Å². The molecule has 6 nitrogen and oxygen atoms in total. The molecule has 7 heteroatoms. The van der Waals surface area contributed by atoms with Gasteiger partial charge in [-0.3, -0.25) is 9.59 Å². The fraction of sp³-hybridized carbons (Fsp3) is 0.650. The van der Waals surface area contributed by atoms with Crippen molar-refractivity contribution in [1.29, 1.82) is 0 Å². The van der Waals surface area contributed by atoms with Gasteiger partial charge in [-0.25, -0.2) is 4.79 Å². The van der Waals surface area contributed by atoms with Crippen LogP contribution in [-0.4, -0.2) is 35.8 Å². The van der Waals surface area contributed by atoms with Gasteiger partial charge in [0.15, 0.2) is 0 Å². The fourth-order valence-corrected chi connectivity index (χ4v) is 5.28. The second kappa shape index (κ2) is 8.87. The highest BCUT2D eigenvalue weighted by Crippen LogP contribution is 2.38. The molecule has 1 N–H and O–H groups in total. The van der Waals surface area contributed by atoms with E-state index < -0.39 is 0 Å². The summed E-state index contributed by atoms with van der Waals surface area (Å²) in [5.74, 6) is 0.0379. The Balaban J connectivity index is 1.79. The molecule has 27 heavy (non-hydrogen) atoms. The first-order chi connectivity index (χ1) is 13.0. The van der Waals surface area contributed by atoms with Crippen molar-refractivity contribution in [3.63, 3.8) is 0 Å². The third kappa shape index (κ3) is 4.69. The first-order valence-corrected chi connectivity index (χ1v) is 10.7. The first-order valence-electron chi connectivity index (χ1n) is 9.86. The summed E-state index contributed by atoms with van der Waals surface area (Å²) in [6.45, 7) is 4.69. The number of carbonyl (C=O) groups excluding carboxylic acids is 3. The number of ether oxygens (including phenoxy) is 1. The average molecular weight is 393 g/mol. The number of hydrogen-bond acceptors (Lipinski definition) is 5. The summed E-state index contributed by atoms with van der Waals surface area (Å²) in [6.07, 6.45) is 6.97. The fourth-order valence-electron chi connectivity index (χ4n) is 4.01. The van der Waals surface area contributed by atoms with Crippen LogP contribution >= 0.6 is 11.3 Å². The molecular formula is C20H28N2O4S. The molecule has 0 atom stereocenters. The van der Waals surface area contributed by atoms with Gasteiger partial charge >= 0.3 is 5.97 Å². The van der Waals surface area contributed by atoms with Crippen LogP contribution in [0.2, 0.25) is 0 Å². The molecule has 1 aliphatic heterocycles. The van der Waals surface area contributed by atoms with Crippen LogP contribution in [0.25, 0.3) is 0 Å². The van der Waals surface area contributed by atoms with E-state index in [1.165, 1.54) is 30.6 Å². The molecule has 0 bridgehead atoms. The van der Waals surface area contributed by atoms with Gasteiger partial charge in [0.25, 0.3) is 0 Å². The molecule has 0 spiro atoms. The van der Waals surface area contributed by atoms with Gasteiger partial charge in [0, 0.05) is 24.8 Å². The van der Waals surface area contributed by atoms with Crippen molar-refractivity contribution in [2.45, 2.75) is 65.3 Å². The minimum atomic E-state index is -0.390. The maximum atomic E-state index is 12.6. The van der Waals surface area contributed by atoms with Crippen LogP contribution in [0, 0.1) is 5.92 Å². The normalized spacial score (nSPS) is 17.3. The van der Waals surface area contributed by atoms with E-state index in [0.717, 1.165) is 23.3 Å². The van der Waals surface area contributed by atoms with E-state index in [1.807, 2.05) is 0 Å². The van der Waals surface area contributed by atoms with Crippen molar-refractivity contribution in [1.82, 2.24) is 4.90 Å². The Morgan fingerprint density at radius 1 is 1.22 bits per heavy atom. The minimum Gasteiger partial charge on any atom is -0.462 e. The van der Waals surface area contributed by atoms with E-state index >= 15 is 0 Å². The maximum Gasteiger partial charge on any atom is 0.341 e. The molecule has 1 fully saturated rings. The molecule has 2 heterocycles. The summed E-state index contributed by atoms with van der Waals surface area (Å²) in [4.78, 5) is 39.6. The van der Waals surface area contributed by atoms with Crippen LogP contribution in [0.5, 0.6) is 0 Å². The summed E-state index contributed by atoms with van der Waals surface area (Å²) in [7, 11) is 0. The Kier molecular flexibility index (Phi) is 6.52. The van der Waals surface area contributed by atoms with Gasteiger partial charge in [-0.05, 0) is 37.7 Å². The Hall–Kier alpha value is -1.89. The molecule has 0 radical (unpaired) electrons. The number of hydrogen-bond donors (Lipinski definition) is 1. The SMILES string of the molecule is CCOC(=O)c1c(NC(=O)CC2CCCCC2)sc2c1CCN(C(C)=O)C2. The maximum absolute atomic E-state index is 12.6. The summed E-state index contributed by atoms with van der Waals surface area (Å²) in [5.41, 5.74) is 1.40. The van der Waals surface area contributed by atoms with Crippen molar-refractivity contribution < 1.29 is 19.1 Å². The average Bonchev–Trinajstić information content (AvgIpc) is 2.99. The third-order valence-corrected chi connectivity index (χ3v) is 6.57. The van der Waals surface area contributed by atoms with E-state index in [2.05, 4.69) is 5.32 Å². The monoisotopic (exact) mass is 392 g/mol. The highest BCUT2D eigenvalue weighted by atomic mass is 32.1. The number of nitrogens with zero attached hydrogens (tertiary/aromatic N) is 1. The van der Waals surface area contributed by atoms with Crippen molar-refractivity contribution in [3.8, 4) is 0 Å².